The average molecular weight is 270 g/mol. The molecule has 3 rings (SSSR count). The number of anilines is 1. The molecule has 2 aromatic heterocycles. The lowest BCUT2D eigenvalue weighted by Gasteiger charge is -2.02. The zero-order valence-electron chi connectivity index (χ0n) is 9.83. The highest BCUT2D eigenvalue weighted by Gasteiger charge is 2.09. The number of hydrogen-bond acceptors (Lipinski definition) is 5. The lowest BCUT2D eigenvalue weighted by Crippen LogP contribution is -2.09. The van der Waals surface area contributed by atoms with Gasteiger partial charge in [0.2, 0.25) is 5.13 Å². The van der Waals surface area contributed by atoms with Crippen LogP contribution in [0.2, 0.25) is 0 Å². The molecule has 2 heterocycles. The van der Waals surface area contributed by atoms with Gasteiger partial charge in [-0.2, -0.15) is 0 Å². The molecular weight excluding hydrogens is 260 g/mol. The van der Waals surface area contributed by atoms with Crippen LogP contribution in [0.5, 0.6) is 0 Å². The molecule has 1 aromatic carbocycles. The third kappa shape index (κ3) is 2.25. The van der Waals surface area contributed by atoms with E-state index < -0.39 is 0 Å². The Hall–Kier alpha value is -2.47. The number of hydrogen-bond donors (Lipinski definition) is 2. The van der Waals surface area contributed by atoms with E-state index in [1.807, 2.05) is 36.4 Å². The number of aromatic amines is 1. The first-order valence-electron chi connectivity index (χ1n) is 5.62. The highest BCUT2D eigenvalue weighted by Crippen LogP contribution is 2.23. The van der Waals surface area contributed by atoms with E-state index in [0.717, 1.165) is 11.3 Å². The van der Waals surface area contributed by atoms with E-state index in [0.29, 0.717) is 15.7 Å². The molecule has 0 radical (unpaired) electrons. The van der Waals surface area contributed by atoms with Crippen LogP contribution in [-0.4, -0.2) is 15.2 Å². The van der Waals surface area contributed by atoms with Crippen molar-refractivity contribution in [1.82, 2.24) is 15.2 Å². The van der Waals surface area contributed by atoms with Gasteiger partial charge in [-0.1, -0.05) is 41.7 Å². The number of nitrogens with one attached hydrogen (secondary N) is 1. The first kappa shape index (κ1) is 11.6. The summed E-state index contributed by atoms with van der Waals surface area (Å²) in [6.45, 7) is 0. The zero-order valence-corrected chi connectivity index (χ0v) is 10.6. The fourth-order valence-electron chi connectivity index (χ4n) is 1.77. The molecule has 0 saturated heterocycles. The zero-order chi connectivity index (χ0) is 13.2. The molecule has 0 aliphatic heterocycles. The Labute approximate surface area is 112 Å². The fourth-order valence-corrected chi connectivity index (χ4v) is 2.40. The smallest absolute Gasteiger partial charge is 0.258 e. The van der Waals surface area contributed by atoms with Crippen LogP contribution in [0.1, 0.15) is 0 Å². The minimum atomic E-state index is -0.197. The molecule has 0 saturated carbocycles. The van der Waals surface area contributed by atoms with Crippen molar-refractivity contribution in [3.8, 4) is 21.8 Å². The number of nitrogens with zero attached hydrogens (tertiary/aromatic N) is 2. The number of H-pyrrole nitrogens is 1. The van der Waals surface area contributed by atoms with Crippen molar-refractivity contribution in [2.45, 2.75) is 0 Å². The number of nitrogens with two attached hydrogens (primary N) is 1. The standard InChI is InChI=1S/C13H10N4OS/c14-13-17-16-12(19-13)9-6-7-10(15-11(9)18)8-4-2-1-3-5-8/h1-7H,(H2,14,17)(H,15,18). The van der Waals surface area contributed by atoms with E-state index in [1.165, 1.54) is 11.3 Å². The van der Waals surface area contributed by atoms with Crippen molar-refractivity contribution in [2.24, 2.45) is 0 Å². The van der Waals surface area contributed by atoms with Gasteiger partial charge < -0.3 is 10.7 Å². The molecule has 0 bridgehead atoms. The van der Waals surface area contributed by atoms with Crippen molar-refractivity contribution in [3.63, 3.8) is 0 Å². The topological polar surface area (TPSA) is 84.7 Å². The second-order valence-electron chi connectivity index (χ2n) is 3.93. The van der Waals surface area contributed by atoms with Gasteiger partial charge in [0.15, 0.2) is 5.01 Å². The molecule has 3 aromatic rings. The van der Waals surface area contributed by atoms with Gasteiger partial charge in [-0.05, 0) is 17.7 Å². The van der Waals surface area contributed by atoms with Crippen LogP contribution in [-0.2, 0) is 0 Å². The van der Waals surface area contributed by atoms with Crippen LogP contribution in [0.4, 0.5) is 5.13 Å². The maximum Gasteiger partial charge on any atom is 0.258 e. The predicted molar refractivity (Wildman–Crippen MR) is 75.8 cm³/mol. The van der Waals surface area contributed by atoms with E-state index >= 15 is 0 Å². The van der Waals surface area contributed by atoms with Gasteiger partial charge in [0.05, 0.1) is 5.56 Å². The van der Waals surface area contributed by atoms with Gasteiger partial charge in [-0.3, -0.25) is 4.79 Å². The summed E-state index contributed by atoms with van der Waals surface area (Å²) < 4.78 is 0. The summed E-state index contributed by atoms with van der Waals surface area (Å²) in [6.07, 6.45) is 0. The molecule has 94 valence electrons. The Balaban J connectivity index is 2.06. The molecule has 0 spiro atoms. The number of rotatable bonds is 2. The molecule has 0 aliphatic carbocycles. The molecule has 0 amide bonds. The Morgan fingerprint density at radius 1 is 1.05 bits per heavy atom. The van der Waals surface area contributed by atoms with Gasteiger partial charge in [0, 0.05) is 5.69 Å². The van der Waals surface area contributed by atoms with Crippen molar-refractivity contribution in [3.05, 3.63) is 52.8 Å². The summed E-state index contributed by atoms with van der Waals surface area (Å²) in [6, 6.07) is 13.2. The Kier molecular flexibility index (Phi) is 2.85. The van der Waals surface area contributed by atoms with E-state index in [9.17, 15) is 4.79 Å². The van der Waals surface area contributed by atoms with Gasteiger partial charge in [-0.15, -0.1) is 10.2 Å². The number of aromatic nitrogens is 3. The van der Waals surface area contributed by atoms with Crippen molar-refractivity contribution in [2.75, 3.05) is 5.73 Å². The summed E-state index contributed by atoms with van der Waals surface area (Å²) in [5, 5.41) is 8.46. The minimum absolute atomic E-state index is 0.197. The molecule has 5 nitrogen and oxygen atoms in total. The van der Waals surface area contributed by atoms with E-state index in [4.69, 9.17) is 5.73 Å². The molecule has 0 aliphatic rings. The van der Waals surface area contributed by atoms with Gasteiger partial charge in [0.25, 0.3) is 5.56 Å². The molecule has 6 heteroatoms. The maximum atomic E-state index is 12.1. The van der Waals surface area contributed by atoms with Crippen LogP contribution in [0, 0.1) is 0 Å². The third-order valence-electron chi connectivity index (χ3n) is 2.67. The van der Waals surface area contributed by atoms with Crippen molar-refractivity contribution < 1.29 is 0 Å². The van der Waals surface area contributed by atoms with E-state index in [2.05, 4.69) is 15.2 Å². The summed E-state index contributed by atoms with van der Waals surface area (Å²) in [4.78, 5) is 14.9. The van der Waals surface area contributed by atoms with Gasteiger partial charge in [-0.25, -0.2) is 0 Å². The first-order chi connectivity index (χ1) is 9.24. The van der Waals surface area contributed by atoms with Crippen molar-refractivity contribution >= 4 is 16.5 Å². The fraction of sp³-hybridized carbons (Fsp3) is 0. The second-order valence-corrected chi connectivity index (χ2v) is 4.94. The third-order valence-corrected chi connectivity index (χ3v) is 3.45. The average Bonchev–Trinajstić information content (AvgIpc) is 2.86. The maximum absolute atomic E-state index is 12.1. The molecule has 0 atom stereocenters. The number of nitrogen functional groups attached to an aromatic ring is 1. The molecule has 3 N–H and O–H groups in total. The normalized spacial score (nSPS) is 10.5. The quantitative estimate of drug-likeness (QED) is 0.747. The predicted octanol–water partition coefficient (Wildman–Crippen LogP) is 2.14. The van der Waals surface area contributed by atoms with Crippen LogP contribution >= 0.6 is 11.3 Å². The Morgan fingerprint density at radius 2 is 1.84 bits per heavy atom. The number of pyridine rings is 1. The second kappa shape index (κ2) is 4.66. The minimum Gasteiger partial charge on any atom is -0.374 e. The summed E-state index contributed by atoms with van der Waals surface area (Å²) in [5.41, 5.74) is 7.53. The lowest BCUT2D eigenvalue weighted by atomic mass is 10.1. The van der Waals surface area contributed by atoms with Crippen LogP contribution in [0.3, 0.4) is 0 Å². The molecular formula is C13H10N4OS. The van der Waals surface area contributed by atoms with E-state index in [-0.39, 0.29) is 5.56 Å². The van der Waals surface area contributed by atoms with Gasteiger partial charge in [0.1, 0.15) is 0 Å². The van der Waals surface area contributed by atoms with Crippen molar-refractivity contribution in [1.29, 1.82) is 0 Å². The monoisotopic (exact) mass is 270 g/mol. The first-order valence-corrected chi connectivity index (χ1v) is 6.44. The highest BCUT2D eigenvalue weighted by molar-refractivity contribution is 7.18. The Bertz CT molecular complexity index is 764. The summed E-state index contributed by atoms with van der Waals surface area (Å²) in [5.74, 6) is 0. The van der Waals surface area contributed by atoms with Gasteiger partial charge >= 0.3 is 0 Å². The summed E-state index contributed by atoms with van der Waals surface area (Å²) in [7, 11) is 0. The highest BCUT2D eigenvalue weighted by atomic mass is 32.1. The summed E-state index contributed by atoms with van der Waals surface area (Å²) >= 11 is 1.19. The van der Waals surface area contributed by atoms with Crippen LogP contribution < -0.4 is 11.3 Å². The van der Waals surface area contributed by atoms with Crippen LogP contribution in [0.25, 0.3) is 21.8 Å². The molecule has 19 heavy (non-hydrogen) atoms. The largest absolute Gasteiger partial charge is 0.374 e. The SMILES string of the molecule is Nc1nnc(-c2ccc(-c3ccccc3)[nH]c2=O)s1. The van der Waals surface area contributed by atoms with Crippen LogP contribution in [0.15, 0.2) is 47.3 Å². The lowest BCUT2D eigenvalue weighted by molar-refractivity contribution is 1.10. The number of benzene rings is 1. The Morgan fingerprint density at radius 3 is 2.47 bits per heavy atom. The van der Waals surface area contributed by atoms with E-state index in [1.54, 1.807) is 6.07 Å². The molecule has 0 unspecified atom stereocenters. The molecule has 0 fully saturated rings.